The van der Waals surface area contributed by atoms with E-state index in [1.165, 1.54) is 24.8 Å². The van der Waals surface area contributed by atoms with Gasteiger partial charge in [-0.05, 0) is 43.9 Å². The Morgan fingerprint density at radius 1 is 1.31 bits per heavy atom. The highest BCUT2D eigenvalue weighted by Crippen LogP contribution is 2.66. The highest BCUT2D eigenvalue weighted by Gasteiger charge is 2.62. The van der Waals surface area contributed by atoms with Gasteiger partial charge in [0, 0.05) is 5.41 Å². The lowest BCUT2D eigenvalue weighted by Crippen LogP contribution is -2.60. The van der Waals surface area contributed by atoms with Crippen LogP contribution in [-0.4, -0.2) is 5.78 Å². The van der Waals surface area contributed by atoms with Gasteiger partial charge in [-0.15, -0.1) is 0 Å². The number of Topliss-reactive ketones (excluding diaryl/α,β-unsaturated/α-hetero) is 1. The molecule has 2 aliphatic rings. The lowest BCUT2D eigenvalue weighted by atomic mass is 9.40. The fourth-order valence-electron chi connectivity index (χ4n) is 4.22. The molecule has 2 fully saturated rings. The Morgan fingerprint density at radius 3 is 2.56 bits per heavy atom. The standard InChI is InChI=1S/C15H24O/c1-11-8-6-5-7-9-15(12(2)16)13(11)10-14(15,3)4/h13H,1,5-10H2,2-4H3. The number of fused-ring (bicyclic) bond motifs is 1. The van der Waals surface area contributed by atoms with E-state index in [2.05, 4.69) is 20.4 Å². The minimum absolute atomic E-state index is 0.0789. The van der Waals surface area contributed by atoms with E-state index >= 15 is 0 Å². The van der Waals surface area contributed by atoms with Crippen LogP contribution < -0.4 is 0 Å². The van der Waals surface area contributed by atoms with E-state index < -0.39 is 0 Å². The van der Waals surface area contributed by atoms with Gasteiger partial charge in [-0.3, -0.25) is 4.79 Å². The maximum Gasteiger partial charge on any atom is 0.137 e. The predicted octanol–water partition coefficient (Wildman–Crippen LogP) is 4.13. The van der Waals surface area contributed by atoms with Crippen LogP contribution >= 0.6 is 0 Å². The van der Waals surface area contributed by atoms with Gasteiger partial charge in [0.25, 0.3) is 0 Å². The molecule has 0 aromatic carbocycles. The second-order valence-electron chi connectivity index (χ2n) is 6.39. The van der Waals surface area contributed by atoms with Crippen LogP contribution in [0.25, 0.3) is 0 Å². The van der Waals surface area contributed by atoms with Gasteiger partial charge in [0.05, 0.1) is 0 Å². The van der Waals surface area contributed by atoms with Crippen LogP contribution in [0.2, 0.25) is 0 Å². The van der Waals surface area contributed by atoms with E-state index in [-0.39, 0.29) is 10.8 Å². The van der Waals surface area contributed by atoms with Gasteiger partial charge in [-0.1, -0.05) is 38.8 Å². The summed E-state index contributed by atoms with van der Waals surface area (Å²) in [5.41, 5.74) is 1.45. The molecule has 0 saturated heterocycles. The second-order valence-corrected chi connectivity index (χ2v) is 6.39. The molecule has 2 aliphatic carbocycles. The van der Waals surface area contributed by atoms with Crippen LogP contribution in [-0.2, 0) is 4.79 Å². The summed E-state index contributed by atoms with van der Waals surface area (Å²) in [6, 6.07) is 0. The van der Waals surface area contributed by atoms with Crippen molar-refractivity contribution in [2.75, 3.05) is 0 Å². The van der Waals surface area contributed by atoms with Gasteiger partial charge in [0.1, 0.15) is 5.78 Å². The molecule has 16 heavy (non-hydrogen) atoms. The third kappa shape index (κ3) is 1.40. The largest absolute Gasteiger partial charge is 0.299 e. The third-order valence-electron chi connectivity index (χ3n) is 5.21. The van der Waals surface area contributed by atoms with Gasteiger partial charge in [0.2, 0.25) is 0 Å². The van der Waals surface area contributed by atoms with Crippen molar-refractivity contribution in [1.82, 2.24) is 0 Å². The zero-order chi connectivity index (χ0) is 12.0. The first-order chi connectivity index (χ1) is 7.42. The highest BCUT2D eigenvalue weighted by atomic mass is 16.1. The van der Waals surface area contributed by atoms with Crippen LogP contribution in [0.5, 0.6) is 0 Å². The lowest BCUT2D eigenvalue weighted by Gasteiger charge is -2.62. The summed E-state index contributed by atoms with van der Waals surface area (Å²) in [6.07, 6.45) is 7.12. The molecule has 1 nitrogen and oxygen atoms in total. The average Bonchev–Trinajstić information content (AvgIpc) is 2.16. The summed E-state index contributed by atoms with van der Waals surface area (Å²) >= 11 is 0. The van der Waals surface area contributed by atoms with Crippen molar-refractivity contribution in [1.29, 1.82) is 0 Å². The fraction of sp³-hybridized carbons (Fsp3) is 0.800. The van der Waals surface area contributed by atoms with E-state index in [0.717, 1.165) is 19.3 Å². The first-order valence-corrected chi connectivity index (χ1v) is 6.60. The van der Waals surface area contributed by atoms with Crippen LogP contribution in [0.3, 0.4) is 0 Å². The summed E-state index contributed by atoms with van der Waals surface area (Å²) in [5, 5.41) is 0. The molecule has 0 aliphatic heterocycles. The van der Waals surface area contributed by atoms with Gasteiger partial charge < -0.3 is 0 Å². The fourth-order valence-corrected chi connectivity index (χ4v) is 4.22. The van der Waals surface area contributed by atoms with Gasteiger partial charge in [-0.2, -0.15) is 0 Å². The van der Waals surface area contributed by atoms with Crippen molar-refractivity contribution in [3.63, 3.8) is 0 Å². The minimum Gasteiger partial charge on any atom is -0.299 e. The molecule has 0 bridgehead atoms. The van der Waals surface area contributed by atoms with Crippen molar-refractivity contribution in [3.05, 3.63) is 12.2 Å². The van der Waals surface area contributed by atoms with Crippen molar-refractivity contribution >= 4 is 5.78 Å². The van der Waals surface area contributed by atoms with E-state index in [1.54, 1.807) is 6.92 Å². The molecule has 2 saturated carbocycles. The minimum atomic E-state index is -0.0789. The topological polar surface area (TPSA) is 17.1 Å². The van der Waals surface area contributed by atoms with Gasteiger partial charge >= 0.3 is 0 Å². The summed E-state index contributed by atoms with van der Waals surface area (Å²) < 4.78 is 0. The smallest absolute Gasteiger partial charge is 0.137 e. The first kappa shape index (κ1) is 11.9. The summed E-state index contributed by atoms with van der Waals surface area (Å²) in [6.45, 7) is 10.6. The molecule has 2 unspecified atom stereocenters. The molecule has 0 N–H and O–H groups in total. The van der Waals surface area contributed by atoms with Gasteiger partial charge in [-0.25, -0.2) is 0 Å². The zero-order valence-corrected chi connectivity index (χ0v) is 10.9. The predicted molar refractivity (Wildman–Crippen MR) is 67.2 cm³/mol. The van der Waals surface area contributed by atoms with E-state index in [0.29, 0.717) is 11.7 Å². The molecule has 2 rings (SSSR count). The van der Waals surface area contributed by atoms with E-state index in [4.69, 9.17) is 0 Å². The van der Waals surface area contributed by atoms with Crippen LogP contribution in [0, 0.1) is 16.7 Å². The number of rotatable bonds is 1. The number of hydrogen-bond acceptors (Lipinski definition) is 1. The molecule has 2 atom stereocenters. The molecular weight excluding hydrogens is 196 g/mol. The molecule has 90 valence electrons. The van der Waals surface area contributed by atoms with E-state index in [9.17, 15) is 4.79 Å². The van der Waals surface area contributed by atoms with Crippen LogP contribution in [0.15, 0.2) is 12.2 Å². The Balaban J connectivity index is 2.36. The molecule has 0 aromatic rings. The number of carbonyl (C=O) groups excluding carboxylic acids is 1. The zero-order valence-electron chi connectivity index (χ0n) is 10.9. The second kappa shape index (κ2) is 3.72. The summed E-state index contributed by atoms with van der Waals surface area (Å²) in [4.78, 5) is 12.2. The molecule has 0 spiro atoms. The number of carbonyl (C=O) groups is 1. The van der Waals surface area contributed by atoms with Gasteiger partial charge in [0.15, 0.2) is 0 Å². The lowest BCUT2D eigenvalue weighted by molar-refractivity contribution is -0.162. The van der Waals surface area contributed by atoms with Crippen molar-refractivity contribution in [2.45, 2.75) is 59.3 Å². The monoisotopic (exact) mass is 220 g/mol. The van der Waals surface area contributed by atoms with Crippen LogP contribution in [0.4, 0.5) is 0 Å². The summed E-state index contributed by atoms with van der Waals surface area (Å²) in [7, 11) is 0. The molecule has 0 amide bonds. The molecule has 1 heteroatoms. The van der Waals surface area contributed by atoms with Crippen molar-refractivity contribution in [2.24, 2.45) is 16.7 Å². The SMILES string of the molecule is C=C1CCCCCC2(C(C)=O)C1CC2(C)C. The first-order valence-electron chi connectivity index (χ1n) is 6.60. The Bertz CT molecular complexity index is 326. The van der Waals surface area contributed by atoms with Crippen molar-refractivity contribution in [3.8, 4) is 0 Å². The Hall–Kier alpha value is -0.590. The van der Waals surface area contributed by atoms with Crippen LogP contribution in [0.1, 0.15) is 59.3 Å². The average molecular weight is 220 g/mol. The normalized spacial score (nSPS) is 37.9. The maximum atomic E-state index is 12.2. The van der Waals surface area contributed by atoms with Crippen molar-refractivity contribution < 1.29 is 4.79 Å². The summed E-state index contributed by atoms with van der Waals surface area (Å²) in [5.74, 6) is 0.872. The Labute approximate surface area is 99.3 Å². The molecule has 0 radical (unpaired) electrons. The molecule has 0 heterocycles. The Kier molecular flexibility index (Phi) is 2.76. The third-order valence-corrected chi connectivity index (χ3v) is 5.21. The quantitative estimate of drug-likeness (QED) is 0.607. The molecule has 0 aromatic heterocycles. The number of ketones is 1. The molecular formula is C15H24O. The maximum absolute atomic E-state index is 12.2. The van der Waals surface area contributed by atoms with E-state index in [1.807, 2.05) is 0 Å². The number of allylic oxidation sites excluding steroid dienone is 1. The number of hydrogen-bond donors (Lipinski definition) is 0. The highest BCUT2D eigenvalue weighted by molar-refractivity contribution is 5.85. The Morgan fingerprint density at radius 2 is 2.00 bits per heavy atom.